The third-order valence-corrected chi connectivity index (χ3v) is 1.49. The van der Waals surface area contributed by atoms with Gasteiger partial charge in [0.15, 0.2) is 0 Å². The van der Waals surface area contributed by atoms with E-state index in [1.807, 2.05) is 0 Å². The van der Waals surface area contributed by atoms with Crippen LogP contribution in [-0.2, 0) is 0 Å². The maximum absolute atomic E-state index is 10.3. The summed E-state index contributed by atoms with van der Waals surface area (Å²) in [7, 11) is 0. The number of nitriles is 1. The Bertz CT molecular complexity index is 372. The van der Waals surface area contributed by atoms with Gasteiger partial charge in [-0.25, -0.2) is 0 Å². The topological polar surface area (TPSA) is 79.8 Å². The first-order chi connectivity index (χ1) is 5.65. The predicted molar refractivity (Wildman–Crippen MR) is 42.9 cm³/mol. The molecule has 0 saturated carbocycles. The molecule has 12 heavy (non-hydrogen) atoms. The lowest BCUT2D eigenvalue weighted by atomic mass is 10.4. The van der Waals surface area contributed by atoms with Crippen molar-refractivity contribution in [1.82, 2.24) is 4.98 Å². The Labute approximate surface area is 73.2 Å². The Morgan fingerprint density at radius 2 is 2.33 bits per heavy atom. The van der Waals surface area contributed by atoms with Crippen molar-refractivity contribution in [3.63, 3.8) is 0 Å². The van der Waals surface area contributed by atoms with Gasteiger partial charge in [-0.15, -0.1) is 12.6 Å². The molecule has 0 aliphatic heterocycles. The standard InChI is InChI=1S/C6H3N3O2S/c7-3-4-1-2-5(12)6(8-4)9(10)11/h1-2,12H. The van der Waals surface area contributed by atoms with Gasteiger partial charge >= 0.3 is 5.82 Å². The summed E-state index contributed by atoms with van der Waals surface area (Å²) in [6, 6.07) is 4.44. The van der Waals surface area contributed by atoms with Gasteiger partial charge in [0, 0.05) is 6.07 Å². The minimum atomic E-state index is -0.677. The van der Waals surface area contributed by atoms with Gasteiger partial charge in [0.2, 0.25) is 0 Å². The highest BCUT2D eigenvalue weighted by molar-refractivity contribution is 7.80. The molecule has 60 valence electrons. The van der Waals surface area contributed by atoms with Gasteiger partial charge in [-0.1, -0.05) is 0 Å². The largest absolute Gasteiger partial charge is 0.378 e. The zero-order valence-corrected chi connectivity index (χ0v) is 6.65. The highest BCUT2D eigenvalue weighted by Gasteiger charge is 2.14. The van der Waals surface area contributed by atoms with Gasteiger partial charge in [0.05, 0.1) is 0 Å². The van der Waals surface area contributed by atoms with Crippen LogP contribution in [0.2, 0.25) is 0 Å². The SMILES string of the molecule is N#Cc1ccc(S)c([N+](=O)[O-])n1. The Hall–Kier alpha value is -1.61. The molecule has 0 atom stereocenters. The van der Waals surface area contributed by atoms with Crippen molar-refractivity contribution in [3.05, 3.63) is 27.9 Å². The molecule has 0 fully saturated rings. The lowest BCUT2D eigenvalue weighted by molar-refractivity contribution is -0.392. The Kier molecular flexibility index (Phi) is 2.26. The van der Waals surface area contributed by atoms with Crippen LogP contribution in [0.4, 0.5) is 5.82 Å². The van der Waals surface area contributed by atoms with Crippen molar-refractivity contribution < 1.29 is 4.92 Å². The molecule has 0 N–H and O–H groups in total. The van der Waals surface area contributed by atoms with Crippen molar-refractivity contribution in [1.29, 1.82) is 5.26 Å². The number of nitro groups is 1. The molecule has 5 nitrogen and oxygen atoms in total. The number of pyridine rings is 1. The molecule has 0 amide bonds. The molecule has 0 unspecified atom stereocenters. The lowest BCUT2D eigenvalue weighted by Gasteiger charge is -1.93. The fourth-order valence-electron chi connectivity index (χ4n) is 0.638. The monoisotopic (exact) mass is 181 g/mol. The minimum absolute atomic E-state index is 0.0134. The van der Waals surface area contributed by atoms with E-state index in [0.29, 0.717) is 0 Å². The first-order valence-corrected chi connectivity index (χ1v) is 3.34. The highest BCUT2D eigenvalue weighted by atomic mass is 32.1. The van der Waals surface area contributed by atoms with Crippen molar-refractivity contribution in [3.8, 4) is 6.07 Å². The molecule has 1 rings (SSSR count). The maximum Gasteiger partial charge on any atom is 0.378 e. The number of hydrogen-bond acceptors (Lipinski definition) is 5. The van der Waals surface area contributed by atoms with Crippen molar-refractivity contribution in [2.24, 2.45) is 0 Å². The second-order valence-corrected chi connectivity index (χ2v) is 2.39. The first kappa shape index (κ1) is 8.49. The van der Waals surface area contributed by atoms with Crippen molar-refractivity contribution >= 4 is 18.4 Å². The highest BCUT2D eigenvalue weighted by Crippen LogP contribution is 2.18. The van der Waals surface area contributed by atoms with E-state index < -0.39 is 10.7 Å². The van der Waals surface area contributed by atoms with Crippen molar-refractivity contribution in [2.45, 2.75) is 4.90 Å². The van der Waals surface area contributed by atoms with E-state index in [4.69, 9.17) is 5.26 Å². The summed E-state index contributed by atoms with van der Waals surface area (Å²) in [6.45, 7) is 0. The number of aromatic nitrogens is 1. The second-order valence-electron chi connectivity index (χ2n) is 1.91. The van der Waals surface area contributed by atoms with Crippen LogP contribution in [0.25, 0.3) is 0 Å². The third-order valence-electron chi connectivity index (χ3n) is 1.14. The minimum Gasteiger partial charge on any atom is -0.358 e. The summed E-state index contributed by atoms with van der Waals surface area (Å²) in [6.07, 6.45) is 0. The lowest BCUT2D eigenvalue weighted by Crippen LogP contribution is -1.95. The van der Waals surface area contributed by atoms with Gasteiger partial charge in [-0.2, -0.15) is 5.26 Å². The van der Waals surface area contributed by atoms with E-state index in [1.165, 1.54) is 12.1 Å². The summed E-state index contributed by atoms with van der Waals surface area (Å²) in [5.41, 5.74) is 0.0134. The van der Waals surface area contributed by atoms with Gasteiger partial charge in [0.25, 0.3) is 5.69 Å². The van der Waals surface area contributed by atoms with Crippen LogP contribution in [0.1, 0.15) is 5.69 Å². The van der Waals surface area contributed by atoms with Crippen molar-refractivity contribution in [2.75, 3.05) is 0 Å². The smallest absolute Gasteiger partial charge is 0.358 e. The molecule has 0 aromatic carbocycles. The van der Waals surface area contributed by atoms with Gasteiger partial charge in [-0.05, 0) is 16.0 Å². The number of thiol groups is 1. The third kappa shape index (κ3) is 1.52. The Morgan fingerprint density at radius 1 is 1.67 bits per heavy atom. The van der Waals surface area contributed by atoms with Crippen LogP contribution < -0.4 is 0 Å². The molecule has 0 saturated heterocycles. The maximum atomic E-state index is 10.3. The van der Waals surface area contributed by atoms with Crippen LogP contribution in [0, 0.1) is 21.4 Å². The molecule has 0 radical (unpaired) electrons. The average molecular weight is 181 g/mol. The molecule has 6 heteroatoms. The molecule has 0 spiro atoms. The molecule has 0 aliphatic carbocycles. The zero-order chi connectivity index (χ0) is 9.14. The number of rotatable bonds is 1. The summed E-state index contributed by atoms with van der Waals surface area (Å²) in [4.78, 5) is 13.2. The molecular formula is C6H3N3O2S. The van der Waals surface area contributed by atoms with E-state index in [2.05, 4.69) is 17.6 Å². The van der Waals surface area contributed by atoms with E-state index >= 15 is 0 Å². The normalized spacial score (nSPS) is 9.00. The van der Waals surface area contributed by atoms with E-state index in [-0.39, 0.29) is 10.6 Å². The molecule has 0 bridgehead atoms. The van der Waals surface area contributed by atoms with E-state index in [1.54, 1.807) is 6.07 Å². The van der Waals surface area contributed by atoms with Gasteiger partial charge in [0.1, 0.15) is 11.0 Å². The average Bonchev–Trinajstić information content (AvgIpc) is 2.05. The Balaban J connectivity index is 3.28. The van der Waals surface area contributed by atoms with Gasteiger partial charge in [-0.3, -0.25) is 0 Å². The summed E-state index contributed by atoms with van der Waals surface area (Å²) in [5.74, 6) is -0.391. The number of nitrogens with zero attached hydrogens (tertiary/aromatic N) is 3. The van der Waals surface area contributed by atoms with Crippen LogP contribution in [-0.4, -0.2) is 9.91 Å². The summed E-state index contributed by atoms with van der Waals surface area (Å²) in [5, 5.41) is 18.6. The molecule has 1 aromatic rings. The van der Waals surface area contributed by atoms with E-state index in [0.717, 1.165) is 0 Å². The Morgan fingerprint density at radius 3 is 2.83 bits per heavy atom. The van der Waals surface area contributed by atoms with Crippen LogP contribution in [0.5, 0.6) is 0 Å². The molecule has 1 aromatic heterocycles. The van der Waals surface area contributed by atoms with Crippen LogP contribution in [0.3, 0.4) is 0 Å². The molecule has 1 heterocycles. The molecule has 0 aliphatic rings. The van der Waals surface area contributed by atoms with Gasteiger partial charge < -0.3 is 10.1 Å². The zero-order valence-electron chi connectivity index (χ0n) is 5.76. The predicted octanol–water partition coefficient (Wildman–Crippen LogP) is 1.15. The fraction of sp³-hybridized carbons (Fsp3) is 0. The van der Waals surface area contributed by atoms with Crippen LogP contribution >= 0.6 is 12.6 Å². The molecular weight excluding hydrogens is 178 g/mol. The second kappa shape index (κ2) is 3.19. The number of hydrogen-bond donors (Lipinski definition) is 1. The first-order valence-electron chi connectivity index (χ1n) is 2.89. The van der Waals surface area contributed by atoms with E-state index in [9.17, 15) is 10.1 Å². The summed E-state index contributed by atoms with van der Waals surface area (Å²) < 4.78 is 0. The summed E-state index contributed by atoms with van der Waals surface area (Å²) >= 11 is 3.81. The quantitative estimate of drug-likeness (QED) is 0.400. The van der Waals surface area contributed by atoms with Crippen LogP contribution in [0.15, 0.2) is 17.0 Å². The fourth-order valence-corrected chi connectivity index (χ4v) is 0.844.